The predicted octanol–water partition coefficient (Wildman–Crippen LogP) is 2.53. The molecule has 0 aliphatic heterocycles. The molecule has 0 saturated heterocycles. The monoisotopic (exact) mass is 241 g/mol. The molecule has 3 N–H and O–H groups in total. The summed E-state index contributed by atoms with van der Waals surface area (Å²) in [6, 6.07) is 5.68. The molecular weight excluding hydrogens is 222 g/mol. The lowest BCUT2D eigenvalue weighted by Crippen LogP contribution is -2.01. The number of aliphatic hydroxyl groups excluding tert-OH is 1. The van der Waals surface area contributed by atoms with Crippen molar-refractivity contribution in [1.29, 1.82) is 0 Å². The Hall–Kier alpha value is -0.870. The van der Waals surface area contributed by atoms with Crippen LogP contribution in [-0.2, 0) is 0 Å². The Morgan fingerprint density at radius 1 is 1.50 bits per heavy atom. The normalized spacial score (nSPS) is 12.4. The Kier molecular flexibility index (Phi) is 5.49. The molecule has 90 valence electrons. The number of aliphatic hydroxyl groups is 1. The second-order valence-corrected chi connectivity index (χ2v) is 4.76. The Morgan fingerprint density at radius 3 is 2.88 bits per heavy atom. The van der Waals surface area contributed by atoms with E-state index in [2.05, 4.69) is 0 Å². The van der Waals surface area contributed by atoms with E-state index in [1.165, 1.54) is 0 Å². The van der Waals surface area contributed by atoms with Crippen molar-refractivity contribution in [3.63, 3.8) is 0 Å². The molecule has 0 aromatic heterocycles. The highest BCUT2D eigenvalue weighted by atomic mass is 32.2. The maximum absolute atomic E-state index is 9.17. The summed E-state index contributed by atoms with van der Waals surface area (Å²) >= 11 is 1.65. The first-order valence-electron chi connectivity index (χ1n) is 5.46. The highest BCUT2D eigenvalue weighted by Crippen LogP contribution is 2.29. The van der Waals surface area contributed by atoms with Crippen molar-refractivity contribution < 1.29 is 9.84 Å². The van der Waals surface area contributed by atoms with Crippen molar-refractivity contribution in [2.75, 3.05) is 18.1 Å². The van der Waals surface area contributed by atoms with Gasteiger partial charge in [0.2, 0.25) is 0 Å². The molecule has 0 heterocycles. The fourth-order valence-electron chi connectivity index (χ4n) is 1.24. The number of nitrogen functional groups attached to an aromatic ring is 1. The fraction of sp³-hybridized carbons (Fsp3) is 0.500. The van der Waals surface area contributed by atoms with Gasteiger partial charge in [-0.3, -0.25) is 0 Å². The van der Waals surface area contributed by atoms with E-state index >= 15 is 0 Å². The second-order valence-electron chi connectivity index (χ2n) is 3.62. The number of ether oxygens (including phenoxy) is 1. The van der Waals surface area contributed by atoms with Gasteiger partial charge in [-0.05, 0) is 38.5 Å². The van der Waals surface area contributed by atoms with E-state index < -0.39 is 0 Å². The standard InChI is InChI=1S/C12H19NO2S/c1-3-15-10-4-5-11(13)12(8-10)16-7-6-9(2)14/h4-5,8-9,14H,3,6-7,13H2,1-2H3. The Morgan fingerprint density at radius 2 is 2.25 bits per heavy atom. The number of rotatable bonds is 6. The Balaban J connectivity index is 2.59. The predicted molar refractivity (Wildman–Crippen MR) is 69.0 cm³/mol. The largest absolute Gasteiger partial charge is 0.494 e. The zero-order valence-electron chi connectivity index (χ0n) is 9.77. The van der Waals surface area contributed by atoms with E-state index in [-0.39, 0.29) is 6.10 Å². The molecule has 0 aliphatic carbocycles. The summed E-state index contributed by atoms with van der Waals surface area (Å²) in [7, 11) is 0. The van der Waals surface area contributed by atoms with Crippen LogP contribution in [0.25, 0.3) is 0 Å². The molecule has 4 heteroatoms. The summed E-state index contributed by atoms with van der Waals surface area (Å²) in [6.07, 6.45) is 0.506. The lowest BCUT2D eigenvalue weighted by Gasteiger charge is -2.09. The first kappa shape index (κ1) is 13.2. The number of benzene rings is 1. The number of anilines is 1. The quantitative estimate of drug-likeness (QED) is 0.593. The third-order valence-electron chi connectivity index (χ3n) is 2.09. The summed E-state index contributed by atoms with van der Waals surface area (Å²) in [4.78, 5) is 1.02. The summed E-state index contributed by atoms with van der Waals surface area (Å²) in [5, 5.41) is 9.17. The van der Waals surface area contributed by atoms with Crippen LogP contribution in [0.2, 0.25) is 0 Å². The number of thioether (sulfide) groups is 1. The number of nitrogens with two attached hydrogens (primary N) is 1. The van der Waals surface area contributed by atoms with Crippen LogP contribution in [0, 0.1) is 0 Å². The van der Waals surface area contributed by atoms with Crippen molar-refractivity contribution in [3.05, 3.63) is 18.2 Å². The van der Waals surface area contributed by atoms with Crippen LogP contribution in [-0.4, -0.2) is 23.6 Å². The minimum absolute atomic E-state index is 0.260. The molecule has 1 aromatic rings. The third-order valence-corrected chi connectivity index (χ3v) is 3.19. The zero-order chi connectivity index (χ0) is 12.0. The maximum Gasteiger partial charge on any atom is 0.120 e. The van der Waals surface area contributed by atoms with E-state index in [4.69, 9.17) is 15.6 Å². The molecule has 0 fully saturated rings. The minimum Gasteiger partial charge on any atom is -0.494 e. The SMILES string of the molecule is CCOc1ccc(N)c(SCCC(C)O)c1. The Bertz CT molecular complexity index is 329. The van der Waals surface area contributed by atoms with Gasteiger partial charge in [-0.2, -0.15) is 0 Å². The lowest BCUT2D eigenvalue weighted by molar-refractivity contribution is 0.192. The third kappa shape index (κ3) is 4.33. The van der Waals surface area contributed by atoms with E-state index in [1.807, 2.05) is 25.1 Å². The highest BCUT2D eigenvalue weighted by Gasteiger charge is 2.03. The highest BCUT2D eigenvalue weighted by molar-refractivity contribution is 7.99. The van der Waals surface area contributed by atoms with Crippen LogP contribution in [0.5, 0.6) is 5.75 Å². The molecule has 0 aliphatic rings. The first-order chi connectivity index (χ1) is 7.63. The van der Waals surface area contributed by atoms with Crippen LogP contribution in [0.4, 0.5) is 5.69 Å². The van der Waals surface area contributed by atoms with Gasteiger partial charge in [-0.1, -0.05) is 0 Å². The van der Waals surface area contributed by atoms with Crippen LogP contribution >= 0.6 is 11.8 Å². The van der Waals surface area contributed by atoms with Gasteiger partial charge in [0, 0.05) is 16.3 Å². The van der Waals surface area contributed by atoms with E-state index in [0.29, 0.717) is 6.61 Å². The summed E-state index contributed by atoms with van der Waals surface area (Å²) < 4.78 is 5.41. The van der Waals surface area contributed by atoms with Crippen LogP contribution in [0.1, 0.15) is 20.3 Å². The van der Waals surface area contributed by atoms with Gasteiger partial charge in [0.05, 0.1) is 12.7 Å². The summed E-state index contributed by atoms with van der Waals surface area (Å²) in [6.45, 7) is 4.40. The van der Waals surface area contributed by atoms with Gasteiger partial charge >= 0.3 is 0 Å². The van der Waals surface area contributed by atoms with Crippen molar-refractivity contribution >= 4 is 17.4 Å². The van der Waals surface area contributed by atoms with E-state index in [0.717, 1.165) is 28.5 Å². The van der Waals surface area contributed by atoms with Crippen LogP contribution in [0.3, 0.4) is 0 Å². The Labute approximate surface area is 101 Å². The van der Waals surface area contributed by atoms with Gasteiger partial charge in [0.25, 0.3) is 0 Å². The molecule has 1 atom stereocenters. The molecule has 16 heavy (non-hydrogen) atoms. The molecule has 1 aromatic carbocycles. The van der Waals surface area contributed by atoms with E-state index in [1.54, 1.807) is 18.7 Å². The van der Waals surface area contributed by atoms with Gasteiger partial charge in [-0.15, -0.1) is 11.8 Å². The molecular formula is C12H19NO2S. The van der Waals surface area contributed by atoms with Gasteiger partial charge < -0.3 is 15.6 Å². The number of hydrogen-bond acceptors (Lipinski definition) is 4. The molecule has 0 bridgehead atoms. The average molecular weight is 241 g/mol. The van der Waals surface area contributed by atoms with Gasteiger partial charge in [0.15, 0.2) is 0 Å². The second kappa shape index (κ2) is 6.66. The molecule has 1 rings (SSSR count). The minimum atomic E-state index is -0.260. The van der Waals surface area contributed by atoms with Crippen molar-refractivity contribution in [1.82, 2.24) is 0 Å². The summed E-state index contributed by atoms with van der Waals surface area (Å²) in [5.74, 6) is 1.70. The maximum atomic E-state index is 9.17. The van der Waals surface area contributed by atoms with Gasteiger partial charge in [-0.25, -0.2) is 0 Å². The molecule has 0 spiro atoms. The smallest absolute Gasteiger partial charge is 0.120 e. The van der Waals surface area contributed by atoms with Crippen LogP contribution < -0.4 is 10.5 Å². The molecule has 0 amide bonds. The van der Waals surface area contributed by atoms with Crippen molar-refractivity contribution in [3.8, 4) is 5.75 Å². The molecule has 1 unspecified atom stereocenters. The average Bonchev–Trinajstić information content (AvgIpc) is 2.22. The van der Waals surface area contributed by atoms with Gasteiger partial charge in [0.1, 0.15) is 5.75 Å². The molecule has 0 radical (unpaired) electrons. The molecule has 0 saturated carbocycles. The fourth-order valence-corrected chi connectivity index (χ4v) is 2.35. The van der Waals surface area contributed by atoms with E-state index in [9.17, 15) is 0 Å². The van der Waals surface area contributed by atoms with Crippen molar-refractivity contribution in [2.45, 2.75) is 31.3 Å². The molecule has 3 nitrogen and oxygen atoms in total. The summed E-state index contributed by atoms with van der Waals surface area (Å²) in [5.41, 5.74) is 6.63. The number of hydrogen-bond donors (Lipinski definition) is 2. The van der Waals surface area contributed by atoms with Crippen molar-refractivity contribution in [2.24, 2.45) is 0 Å². The van der Waals surface area contributed by atoms with Crippen LogP contribution in [0.15, 0.2) is 23.1 Å². The first-order valence-corrected chi connectivity index (χ1v) is 6.45. The topological polar surface area (TPSA) is 55.5 Å². The lowest BCUT2D eigenvalue weighted by atomic mass is 10.3. The zero-order valence-corrected chi connectivity index (χ0v) is 10.6.